The van der Waals surface area contributed by atoms with E-state index in [-0.39, 0.29) is 11.7 Å². The number of carbonyl (C=O) groups is 1. The van der Waals surface area contributed by atoms with Gasteiger partial charge in [0.1, 0.15) is 0 Å². The molecule has 1 amide bonds. The van der Waals surface area contributed by atoms with E-state index in [9.17, 15) is 4.79 Å². The Morgan fingerprint density at radius 3 is 2.38 bits per heavy atom. The molecule has 0 aliphatic heterocycles. The Bertz CT molecular complexity index is 1390. The minimum Gasteiger partial charge on any atom is -0.493 e. The zero-order valence-corrected chi connectivity index (χ0v) is 21.7. The maximum absolute atomic E-state index is 12.6. The van der Waals surface area contributed by atoms with Crippen LogP contribution in [0.4, 0.5) is 0 Å². The van der Waals surface area contributed by atoms with Gasteiger partial charge in [0.15, 0.2) is 22.5 Å². The number of hydrazone groups is 1. The Labute approximate surface area is 218 Å². The van der Waals surface area contributed by atoms with Crippen molar-refractivity contribution in [1.82, 2.24) is 25.2 Å². The molecule has 0 aliphatic rings. The third-order valence-electron chi connectivity index (χ3n) is 5.32. The number of hydrogen-bond donors (Lipinski definition) is 1. The molecule has 0 saturated heterocycles. The summed E-state index contributed by atoms with van der Waals surface area (Å²) < 4.78 is 18.0. The molecule has 4 aromatic rings. The van der Waals surface area contributed by atoms with E-state index >= 15 is 0 Å². The Balaban J connectivity index is 1.49. The summed E-state index contributed by atoms with van der Waals surface area (Å²) in [6.07, 6.45) is 4.89. The molecule has 4 rings (SSSR count). The summed E-state index contributed by atoms with van der Waals surface area (Å²) in [5.41, 5.74) is 6.06. The fraction of sp³-hybridized carbons (Fsp3) is 0.192. The van der Waals surface area contributed by atoms with Crippen LogP contribution in [-0.4, -0.2) is 59.0 Å². The summed E-state index contributed by atoms with van der Waals surface area (Å²) in [4.78, 5) is 16.6. The summed E-state index contributed by atoms with van der Waals surface area (Å²) in [6.45, 7) is 2.03. The molecule has 2 heterocycles. The van der Waals surface area contributed by atoms with Crippen molar-refractivity contribution in [3.8, 4) is 34.3 Å². The molecule has 0 atom stereocenters. The molecule has 11 heteroatoms. The summed E-state index contributed by atoms with van der Waals surface area (Å²) in [5, 5.41) is 13.4. The van der Waals surface area contributed by atoms with Crippen molar-refractivity contribution in [2.45, 2.75) is 12.1 Å². The normalized spacial score (nSPS) is 10.9. The van der Waals surface area contributed by atoms with E-state index in [2.05, 4.69) is 25.7 Å². The first-order valence-corrected chi connectivity index (χ1v) is 12.2. The van der Waals surface area contributed by atoms with Crippen LogP contribution in [0.25, 0.3) is 17.1 Å². The number of benzene rings is 2. The van der Waals surface area contributed by atoms with Crippen molar-refractivity contribution in [2.75, 3.05) is 27.1 Å². The number of rotatable bonds is 10. The van der Waals surface area contributed by atoms with Crippen LogP contribution in [0.3, 0.4) is 0 Å². The number of aromatic nitrogens is 4. The number of aryl methyl sites for hydroxylation is 1. The first-order chi connectivity index (χ1) is 18.0. The number of pyridine rings is 1. The number of amides is 1. The quantitative estimate of drug-likeness (QED) is 0.191. The van der Waals surface area contributed by atoms with Crippen molar-refractivity contribution in [3.05, 3.63) is 72.1 Å². The summed E-state index contributed by atoms with van der Waals surface area (Å²) in [7, 11) is 4.59. The molecular formula is C26H26N6O4S. The Morgan fingerprint density at radius 2 is 1.70 bits per heavy atom. The summed E-state index contributed by atoms with van der Waals surface area (Å²) >= 11 is 1.26. The highest BCUT2D eigenvalue weighted by Gasteiger charge is 2.18. The topological polar surface area (TPSA) is 113 Å². The zero-order valence-electron chi connectivity index (χ0n) is 20.8. The lowest BCUT2D eigenvalue weighted by Crippen LogP contribution is -2.20. The maximum Gasteiger partial charge on any atom is 0.250 e. The lowest BCUT2D eigenvalue weighted by molar-refractivity contribution is -0.118. The average Bonchev–Trinajstić information content (AvgIpc) is 3.36. The van der Waals surface area contributed by atoms with E-state index in [1.165, 1.54) is 32.2 Å². The van der Waals surface area contributed by atoms with E-state index in [1.807, 2.05) is 47.9 Å². The summed E-state index contributed by atoms with van der Waals surface area (Å²) in [5.74, 6) is 1.86. The highest BCUT2D eigenvalue weighted by atomic mass is 32.2. The van der Waals surface area contributed by atoms with Gasteiger partial charge in [-0.2, -0.15) is 5.10 Å². The minimum atomic E-state index is -0.301. The molecule has 1 N–H and O–H groups in total. The summed E-state index contributed by atoms with van der Waals surface area (Å²) in [6, 6.07) is 15.3. The van der Waals surface area contributed by atoms with Gasteiger partial charge in [-0.15, -0.1) is 10.2 Å². The molecular weight excluding hydrogens is 492 g/mol. The maximum atomic E-state index is 12.6. The monoisotopic (exact) mass is 518 g/mol. The second-order valence-corrected chi connectivity index (χ2v) is 8.66. The zero-order chi connectivity index (χ0) is 26.2. The van der Waals surface area contributed by atoms with Crippen molar-refractivity contribution in [1.29, 1.82) is 0 Å². The van der Waals surface area contributed by atoms with E-state index < -0.39 is 0 Å². The highest BCUT2D eigenvalue weighted by Crippen LogP contribution is 2.39. The third-order valence-corrected chi connectivity index (χ3v) is 6.25. The SMILES string of the molecule is COc1ccc(/C=N\NC(=O)CSc2nnc(-c3ccncc3)n2-c2ccc(C)cc2)c(OC)c1OC. The number of nitrogens with zero attached hydrogens (tertiary/aromatic N) is 5. The molecule has 10 nitrogen and oxygen atoms in total. The van der Waals surface area contributed by atoms with Gasteiger partial charge in [-0.05, 0) is 43.3 Å². The van der Waals surface area contributed by atoms with Crippen LogP contribution >= 0.6 is 11.8 Å². The lowest BCUT2D eigenvalue weighted by atomic mass is 10.2. The molecule has 0 unspecified atom stereocenters. The molecule has 190 valence electrons. The van der Waals surface area contributed by atoms with E-state index in [1.54, 1.807) is 31.6 Å². The average molecular weight is 519 g/mol. The lowest BCUT2D eigenvalue weighted by Gasteiger charge is -2.13. The first-order valence-electron chi connectivity index (χ1n) is 11.2. The largest absolute Gasteiger partial charge is 0.493 e. The predicted molar refractivity (Wildman–Crippen MR) is 142 cm³/mol. The van der Waals surface area contributed by atoms with Gasteiger partial charge < -0.3 is 14.2 Å². The number of ether oxygens (including phenoxy) is 3. The van der Waals surface area contributed by atoms with E-state index in [4.69, 9.17) is 14.2 Å². The van der Waals surface area contributed by atoms with Gasteiger partial charge in [0.2, 0.25) is 5.75 Å². The molecule has 0 saturated carbocycles. The van der Waals surface area contributed by atoms with Crippen LogP contribution in [0.5, 0.6) is 17.2 Å². The number of thioether (sulfide) groups is 1. The molecule has 0 radical (unpaired) electrons. The predicted octanol–water partition coefficient (Wildman–Crippen LogP) is 3.91. The number of methoxy groups -OCH3 is 3. The first kappa shape index (κ1) is 25.7. The van der Waals surface area contributed by atoms with Crippen LogP contribution in [0, 0.1) is 6.92 Å². The van der Waals surface area contributed by atoms with Crippen molar-refractivity contribution < 1.29 is 19.0 Å². The molecule has 2 aromatic carbocycles. The fourth-order valence-corrected chi connectivity index (χ4v) is 4.28. The Hall–Kier alpha value is -4.38. The molecule has 0 aliphatic carbocycles. The van der Waals surface area contributed by atoms with E-state index in [0.29, 0.717) is 33.8 Å². The van der Waals surface area contributed by atoms with E-state index in [0.717, 1.165) is 16.8 Å². The standard InChI is InChI=1S/C26H26N6O4S/c1-17-5-8-20(9-6-17)32-25(18-11-13-27-14-12-18)30-31-26(32)37-16-22(33)29-28-15-19-7-10-21(34-2)24(36-4)23(19)35-3/h5-15H,16H2,1-4H3,(H,29,33)/b28-15-. The van der Waals surface area contributed by atoms with Gasteiger partial charge in [0, 0.05) is 29.2 Å². The molecule has 0 bridgehead atoms. The van der Waals surface area contributed by atoms with Gasteiger partial charge in [-0.25, -0.2) is 5.43 Å². The van der Waals surface area contributed by atoms with Crippen LogP contribution in [0.1, 0.15) is 11.1 Å². The number of hydrogen-bond acceptors (Lipinski definition) is 9. The second kappa shape index (κ2) is 12.0. The molecule has 2 aromatic heterocycles. The Kier molecular flexibility index (Phi) is 8.37. The van der Waals surface area contributed by atoms with Crippen molar-refractivity contribution in [3.63, 3.8) is 0 Å². The van der Waals surface area contributed by atoms with Crippen LogP contribution in [0.15, 0.2) is 71.2 Å². The minimum absolute atomic E-state index is 0.0841. The molecule has 37 heavy (non-hydrogen) atoms. The van der Waals surface area contributed by atoms with Gasteiger partial charge in [-0.1, -0.05) is 29.5 Å². The Morgan fingerprint density at radius 1 is 0.973 bits per heavy atom. The van der Waals surface area contributed by atoms with Gasteiger partial charge in [-0.3, -0.25) is 14.3 Å². The van der Waals surface area contributed by atoms with Crippen LogP contribution in [-0.2, 0) is 4.79 Å². The fourth-order valence-electron chi connectivity index (χ4n) is 3.54. The number of nitrogens with one attached hydrogen (secondary N) is 1. The van der Waals surface area contributed by atoms with Gasteiger partial charge >= 0.3 is 0 Å². The number of carbonyl (C=O) groups excluding carboxylic acids is 1. The van der Waals surface area contributed by atoms with Gasteiger partial charge in [0.25, 0.3) is 5.91 Å². The smallest absolute Gasteiger partial charge is 0.250 e. The van der Waals surface area contributed by atoms with Crippen LogP contribution in [0.2, 0.25) is 0 Å². The third kappa shape index (κ3) is 5.89. The van der Waals surface area contributed by atoms with Gasteiger partial charge in [0.05, 0.1) is 33.3 Å². The van der Waals surface area contributed by atoms with Crippen LogP contribution < -0.4 is 19.6 Å². The molecule has 0 spiro atoms. The van der Waals surface area contributed by atoms with Crippen molar-refractivity contribution >= 4 is 23.9 Å². The molecule has 0 fully saturated rings. The second-order valence-electron chi connectivity index (χ2n) is 7.72. The highest BCUT2D eigenvalue weighted by molar-refractivity contribution is 7.99. The van der Waals surface area contributed by atoms with Crippen molar-refractivity contribution in [2.24, 2.45) is 5.10 Å².